The first-order valence-corrected chi connectivity index (χ1v) is 21.5. The van der Waals surface area contributed by atoms with Crippen LogP contribution in [0, 0.1) is 11.8 Å². The van der Waals surface area contributed by atoms with E-state index in [9.17, 15) is 19.2 Å². The van der Waals surface area contributed by atoms with E-state index in [1.807, 2.05) is 47.5 Å². The highest BCUT2D eigenvalue weighted by atomic mass is 32.2. The number of hydrogen-bond donors (Lipinski definition) is 4. The van der Waals surface area contributed by atoms with Gasteiger partial charge in [-0.2, -0.15) is 0 Å². The van der Waals surface area contributed by atoms with Crippen LogP contribution in [0.5, 0.6) is 0 Å². The van der Waals surface area contributed by atoms with Gasteiger partial charge < -0.3 is 39.9 Å². The van der Waals surface area contributed by atoms with Crippen LogP contribution in [-0.2, 0) is 19.1 Å². The Labute approximate surface area is 352 Å². The number of benzene rings is 3. The predicted molar refractivity (Wildman–Crippen MR) is 231 cm³/mol. The van der Waals surface area contributed by atoms with Crippen LogP contribution < -0.4 is 10.6 Å². The number of H-pyrrole nitrogens is 2. The van der Waals surface area contributed by atoms with Gasteiger partial charge in [-0.15, -0.1) is 11.8 Å². The molecule has 0 saturated carbocycles. The van der Waals surface area contributed by atoms with E-state index in [4.69, 9.17) is 19.4 Å². The minimum absolute atomic E-state index is 0.106. The normalized spacial score (nSPS) is 19.8. The Morgan fingerprint density at radius 3 is 1.83 bits per heavy atom. The number of alkyl carbamates (subject to hydrolysis) is 2. The molecule has 2 saturated heterocycles. The van der Waals surface area contributed by atoms with Crippen molar-refractivity contribution in [3.05, 3.63) is 96.2 Å². The highest BCUT2D eigenvalue weighted by Crippen LogP contribution is 2.36. The Bertz CT molecular complexity index is 2410. The lowest BCUT2D eigenvalue weighted by Crippen LogP contribution is -2.52. The predicted octanol–water partition coefficient (Wildman–Crippen LogP) is 7.60. The van der Waals surface area contributed by atoms with E-state index in [1.54, 1.807) is 11.8 Å². The number of carbonyl (C=O) groups is 4. The molecular weight excluding hydrogens is 781 g/mol. The number of thioether (sulfide) groups is 1. The molecule has 4 amide bonds. The molecule has 0 radical (unpaired) electrons. The molecule has 3 aliphatic rings. The number of rotatable bonds is 11. The third-order valence-electron chi connectivity index (χ3n) is 11.8. The molecule has 2 fully saturated rings. The summed E-state index contributed by atoms with van der Waals surface area (Å²) in [7, 11) is 2.60. The van der Waals surface area contributed by atoms with Crippen molar-refractivity contribution in [1.82, 2.24) is 40.4 Å². The van der Waals surface area contributed by atoms with Crippen LogP contribution in [0.2, 0.25) is 0 Å². The van der Waals surface area contributed by atoms with Crippen molar-refractivity contribution in [2.75, 3.05) is 33.1 Å². The lowest BCUT2D eigenvalue weighted by Gasteiger charge is -2.30. The molecule has 312 valence electrons. The molecule has 5 aromatic rings. The van der Waals surface area contributed by atoms with Gasteiger partial charge in [-0.1, -0.05) is 68.5 Å². The first kappa shape index (κ1) is 40.7. The largest absolute Gasteiger partial charge is 0.453 e. The number of carbonyl (C=O) groups excluding carboxylic acids is 4. The SMILES string of the molecule is COC(=O)N[C@H](C(=O)N1CCC[C@H]1c1ncc(-c2ccc3cc(-c4ccc(-c5cnc([C@@H]6CCCN6C(=O)[C@H](NC(=O)OC)C6C=CSC6)[nH]5)cc4)ccc3c2)[nH]1)C(C)C. The van der Waals surface area contributed by atoms with E-state index in [2.05, 4.69) is 81.3 Å². The molecular formula is C45H50N8O6S. The van der Waals surface area contributed by atoms with E-state index < -0.39 is 24.3 Å². The number of aromatic amines is 2. The van der Waals surface area contributed by atoms with E-state index in [0.717, 1.165) is 87.5 Å². The molecule has 15 heteroatoms. The number of nitrogens with zero attached hydrogens (tertiary/aromatic N) is 4. The van der Waals surface area contributed by atoms with Gasteiger partial charge in [0.25, 0.3) is 0 Å². The number of imidazole rings is 2. The number of likely N-dealkylation sites (tertiary alicyclic amines) is 2. The van der Waals surface area contributed by atoms with Crippen molar-refractivity contribution in [2.45, 2.75) is 63.7 Å². The first-order valence-electron chi connectivity index (χ1n) is 20.4. The lowest BCUT2D eigenvalue weighted by molar-refractivity contribution is -0.136. The molecule has 0 aliphatic carbocycles. The molecule has 14 nitrogen and oxygen atoms in total. The zero-order chi connectivity index (χ0) is 41.9. The first-order chi connectivity index (χ1) is 29.1. The van der Waals surface area contributed by atoms with Gasteiger partial charge in [0.05, 0.1) is 50.1 Å². The zero-order valence-corrected chi connectivity index (χ0v) is 35.0. The van der Waals surface area contributed by atoms with Crippen LogP contribution >= 0.6 is 11.8 Å². The number of fused-ring (bicyclic) bond motifs is 1. The van der Waals surface area contributed by atoms with Crippen molar-refractivity contribution < 1.29 is 28.7 Å². The molecule has 1 unspecified atom stereocenters. The van der Waals surface area contributed by atoms with Gasteiger partial charge in [0.1, 0.15) is 23.7 Å². The Morgan fingerprint density at radius 2 is 1.25 bits per heavy atom. The fraction of sp³-hybridized carbons (Fsp3) is 0.378. The molecule has 3 aromatic carbocycles. The van der Waals surface area contributed by atoms with Crippen LogP contribution in [0.1, 0.15) is 63.3 Å². The van der Waals surface area contributed by atoms with E-state index in [0.29, 0.717) is 13.1 Å². The second-order valence-electron chi connectivity index (χ2n) is 15.9. The number of ether oxygens (including phenoxy) is 2. The maximum absolute atomic E-state index is 13.9. The topological polar surface area (TPSA) is 175 Å². The zero-order valence-electron chi connectivity index (χ0n) is 34.1. The van der Waals surface area contributed by atoms with Crippen molar-refractivity contribution in [2.24, 2.45) is 11.8 Å². The fourth-order valence-corrected chi connectivity index (χ4v) is 9.50. The maximum Gasteiger partial charge on any atom is 0.407 e. The summed E-state index contributed by atoms with van der Waals surface area (Å²) in [5.41, 5.74) is 5.89. The minimum Gasteiger partial charge on any atom is -0.453 e. The van der Waals surface area contributed by atoms with Crippen LogP contribution in [0.25, 0.3) is 44.4 Å². The van der Waals surface area contributed by atoms with Crippen LogP contribution in [-0.4, -0.2) is 98.9 Å². The number of nitrogens with one attached hydrogen (secondary N) is 4. The van der Waals surface area contributed by atoms with E-state index in [1.165, 1.54) is 14.2 Å². The van der Waals surface area contributed by atoms with Crippen LogP contribution in [0.3, 0.4) is 0 Å². The molecule has 5 heterocycles. The number of amides is 4. The molecule has 8 rings (SSSR count). The third kappa shape index (κ3) is 8.35. The van der Waals surface area contributed by atoms with E-state index >= 15 is 0 Å². The molecule has 0 spiro atoms. The Balaban J connectivity index is 0.937. The molecule has 4 N–H and O–H groups in total. The molecule has 60 heavy (non-hydrogen) atoms. The van der Waals surface area contributed by atoms with Crippen molar-refractivity contribution in [1.29, 1.82) is 0 Å². The van der Waals surface area contributed by atoms with Gasteiger partial charge in [0, 0.05) is 30.3 Å². The second kappa shape index (κ2) is 17.6. The van der Waals surface area contributed by atoms with Gasteiger partial charge in [-0.25, -0.2) is 19.6 Å². The Morgan fingerprint density at radius 1 is 0.717 bits per heavy atom. The average Bonchev–Trinajstić information content (AvgIpc) is 4.13. The highest BCUT2D eigenvalue weighted by Gasteiger charge is 2.40. The number of methoxy groups -OCH3 is 2. The molecule has 3 aliphatic heterocycles. The summed E-state index contributed by atoms with van der Waals surface area (Å²) < 4.78 is 9.61. The molecule has 5 atom stereocenters. The molecule has 2 aromatic heterocycles. The summed E-state index contributed by atoms with van der Waals surface area (Å²) in [5, 5.41) is 9.65. The van der Waals surface area contributed by atoms with Crippen LogP contribution in [0.4, 0.5) is 9.59 Å². The van der Waals surface area contributed by atoms with Gasteiger partial charge >= 0.3 is 12.2 Å². The number of hydrogen-bond acceptors (Lipinski definition) is 9. The highest BCUT2D eigenvalue weighted by molar-refractivity contribution is 8.02. The molecule has 0 bridgehead atoms. The maximum atomic E-state index is 13.9. The summed E-state index contributed by atoms with van der Waals surface area (Å²) in [6, 6.07) is 19.3. The summed E-state index contributed by atoms with van der Waals surface area (Å²) in [6.45, 7) is 5.00. The Hall–Kier alpha value is -6.09. The number of aromatic nitrogens is 4. The minimum atomic E-state index is -0.704. The smallest absolute Gasteiger partial charge is 0.407 e. The fourth-order valence-electron chi connectivity index (χ4n) is 8.55. The lowest BCUT2D eigenvalue weighted by atomic mass is 9.98. The monoisotopic (exact) mass is 830 g/mol. The quantitative estimate of drug-likeness (QED) is 0.105. The van der Waals surface area contributed by atoms with Crippen molar-refractivity contribution in [3.8, 4) is 33.6 Å². The summed E-state index contributed by atoms with van der Waals surface area (Å²) in [6.07, 6.45) is 7.64. The Kier molecular flexibility index (Phi) is 12.0. The standard InChI is InChI=1S/C45H50N8O6S/c1-26(2)38(50-44(56)58-3)42(54)52-18-5-7-36(52)41-47-24-35(49-41)32-16-15-30-21-29(13-14-31(30)22-32)27-9-11-28(12-10-27)34-23-46-40(48-34)37-8-6-19-53(37)43(55)39(51-45(57)59-4)33-17-20-60-25-33/h9-17,20-24,26,33,36-39H,5-8,18-19,25H2,1-4H3,(H,46,48)(H,47,49)(H,50,56)(H,51,57)/t33?,36-,37-,38-,39+/m0/s1. The average molecular weight is 831 g/mol. The van der Waals surface area contributed by atoms with Gasteiger partial charge in [-0.3, -0.25) is 9.59 Å². The van der Waals surface area contributed by atoms with Gasteiger partial charge in [-0.05, 0) is 76.6 Å². The van der Waals surface area contributed by atoms with E-state index in [-0.39, 0.29) is 35.7 Å². The second-order valence-corrected chi connectivity index (χ2v) is 16.8. The summed E-state index contributed by atoms with van der Waals surface area (Å²) in [5.74, 6) is 1.70. The van der Waals surface area contributed by atoms with Gasteiger partial charge in [0.15, 0.2) is 0 Å². The summed E-state index contributed by atoms with van der Waals surface area (Å²) in [4.78, 5) is 71.7. The van der Waals surface area contributed by atoms with Crippen molar-refractivity contribution >= 4 is 46.5 Å². The third-order valence-corrected chi connectivity index (χ3v) is 12.8. The van der Waals surface area contributed by atoms with Gasteiger partial charge in [0.2, 0.25) is 11.8 Å². The van der Waals surface area contributed by atoms with Crippen LogP contribution in [0.15, 0.2) is 84.5 Å². The van der Waals surface area contributed by atoms with Crippen molar-refractivity contribution in [3.63, 3.8) is 0 Å². The summed E-state index contributed by atoms with van der Waals surface area (Å²) >= 11 is 1.63.